The summed E-state index contributed by atoms with van der Waals surface area (Å²) in [7, 11) is 1.76. The normalized spacial score (nSPS) is 16.4. The van der Waals surface area contributed by atoms with Crippen molar-refractivity contribution >= 4 is 28.2 Å². The lowest BCUT2D eigenvalue weighted by Gasteiger charge is -2.37. The van der Waals surface area contributed by atoms with E-state index in [2.05, 4.69) is 42.9 Å². The van der Waals surface area contributed by atoms with Crippen LogP contribution < -0.4 is 15.5 Å². The Morgan fingerprint density at radius 1 is 1.30 bits per heavy atom. The number of nitrogens with zero attached hydrogens (tertiary/aromatic N) is 3. The third-order valence-electron chi connectivity index (χ3n) is 3.53. The number of aliphatic imine (C=N–C) groups is 1. The summed E-state index contributed by atoms with van der Waals surface area (Å²) in [5.41, 5.74) is -0.214. The minimum absolute atomic E-state index is 0.0177. The van der Waals surface area contributed by atoms with E-state index in [1.54, 1.807) is 18.4 Å². The number of thiophene rings is 1. The maximum atomic E-state index is 11.9. The van der Waals surface area contributed by atoms with E-state index < -0.39 is 0 Å². The molecule has 1 aliphatic rings. The Hall–Kier alpha value is -1.76. The van der Waals surface area contributed by atoms with Gasteiger partial charge in [-0.25, -0.2) is 0 Å². The fourth-order valence-electron chi connectivity index (χ4n) is 2.54. The quantitative estimate of drug-likeness (QED) is 0.646. The van der Waals surface area contributed by atoms with Crippen LogP contribution in [0.1, 0.15) is 20.8 Å². The van der Waals surface area contributed by atoms with Gasteiger partial charge in [0.1, 0.15) is 0 Å². The van der Waals surface area contributed by atoms with Gasteiger partial charge in [-0.2, -0.15) is 0 Å². The molecule has 128 valence electrons. The SMILES string of the molecule is CN=C(NCC(=O)NC(C)(C)C)N1CCN(c2cccs2)CC1. The van der Waals surface area contributed by atoms with Gasteiger partial charge in [0, 0.05) is 38.8 Å². The van der Waals surface area contributed by atoms with Crippen LogP contribution in [0.2, 0.25) is 0 Å². The van der Waals surface area contributed by atoms with Crippen LogP contribution in [-0.4, -0.2) is 62.1 Å². The molecule has 0 aromatic carbocycles. The summed E-state index contributed by atoms with van der Waals surface area (Å²) in [5, 5.41) is 9.53. The Kier molecular flexibility index (Phi) is 5.87. The molecule has 7 heteroatoms. The molecule has 1 aliphatic heterocycles. The molecule has 0 atom stereocenters. The average Bonchev–Trinajstić information content (AvgIpc) is 3.01. The number of guanidine groups is 1. The number of amides is 1. The van der Waals surface area contributed by atoms with Crippen LogP contribution in [-0.2, 0) is 4.79 Å². The largest absolute Gasteiger partial charge is 0.360 e. The summed E-state index contributed by atoms with van der Waals surface area (Å²) in [6.45, 7) is 9.91. The van der Waals surface area contributed by atoms with Crippen molar-refractivity contribution in [3.05, 3.63) is 17.5 Å². The van der Waals surface area contributed by atoms with Crippen molar-refractivity contribution < 1.29 is 4.79 Å². The van der Waals surface area contributed by atoms with Crippen molar-refractivity contribution in [3.8, 4) is 0 Å². The molecular formula is C16H27N5OS. The highest BCUT2D eigenvalue weighted by Crippen LogP contribution is 2.22. The zero-order valence-corrected chi connectivity index (χ0v) is 15.2. The zero-order valence-electron chi connectivity index (χ0n) is 14.4. The molecule has 1 aromatic heterocycles. The van der Waals surface area contributed by atoms with E-state index in [1.807, 2.05) is 20.8 Å². The molecule has 2 rings (SSSR count). The first kappa shape index (κ1) is 17.6. The first-order valence-electron chi connectivity index (χ1n) is 7.94. The lowest BCUT2D eigenvalue weighted by molar-refractivity contribution is -0.121. The third-order valence-corrected chi connectivity index (χ3v) is 4.46. The third kappa shape index (κ3) is 5.42. The van der Waals surface area contributed by atoms with Gasteiger partial charge >= 0.3 is 0 Å². The van der Waals surface area contributed by atoms with Crippen LogP contribution in [0.5, 0.6) is 0 Å². The number of rotatable bonds is 3. The Bertz CT molecular complexity index is 527. The van der Waals surface area contributed by atoms with Crippen LogP contribution in [0, 0.1) is 0 Å². The molecule has 0 saturated carbocycles. The van der Waals surface area contributed by atoms with E-state index in [9.17, 15) is 4.79 Å². The Balaban J connectivity index is 1.80. The van der Waals surface area contributed by atoms with Gasteiger partial charge in [0.25, 0.3) is 0 Å². The number of carbonyl (C=O) groups excluding carboxylic acids is 1. The second-order valence-electron chi connectivity index (χ2n) is 6.62. The van der Waals surface area contributed by atoms with Crippen molar-refractivity contribution in [1.82, 2.24) is 15.5 Å². The van der Waals surface area contributed by atoms with Crippen LogP contribution >= 0.6 is 11.3 Å². The number of carbonyl (C=O) groups is 1. The average molecular weight is 337 g/mol. The highest BCUT2D eigenvalue weighted by molar-refractivity contribution is 7.14. The van der Waals surface area contributed by atoms with Gasteiger partial charge < -0.3 is 20.4 Å². The molecule has 0 radical (unpaired) electrons. The molecule has 0 aliphatic carbocycles. The maximum absolute atomic E-state index is 11.9. The number of hydrogen-bond acceptors (Lipinski definition) is 4. The Morgan fingerprint density at radius 2 is 2.00 bits per heavy atom. The molecule has 0 bridgehead atoms. The zero-order chi connectivity index (χ0) is 16.9. The predicted molar refractivity (Wildman–Crippen MR) is 97.4 cm³/mol. The molecule has 2 N–H and O–H groups in total. The van der Waals surface area contributed by atoms with Gasteiger partial charge in [-0.3, -0.25) is 9.79 Å². The maximum Gasteiger partial charge on any atom is 0.239 e. The molecule has 6 nitrogen and oxygen atoms in total. The summed E-state index contributed by atoms with van der Waals surface area (Å²) in [5.74, 6) is 0.774. The van der Waals surface area contributed by atoms with E-state index in [0.717, 1.165) is 32.1 Å². The molecule has 1 aromatic rings. The lowest BCUT2D eigenvalue weighted by atomic mass is 10.1. The van der Waals surface area contributed by atoms with Crippen LogP contribution in [0.3, 0.4) is 0 Å². The predicted octanol–water partition coefficient (Wildman–Crippen LogP) is 1.36. The molecular weight excluding hydrogens is 310 g/mol. The Morgan fingerprint density at radius 3 is 2.52 bits per heavy atom. The van der Waals surface area contributed by atoms with Gasteiger partial charge in [-0.15, -0.1) is 11.3 Å². The van der Waals surface area contributed by atoms with Crippen molar-refractivity contribution in [3.63, 3.8) is 0 Å². The Labute approximate surface area is 142 Å². The molecule has 0 unspecified atom stereocenters. The first-order chi connectivity index (χ1) is 10.9. The number of piperazine rings is 1. The summed E-state index contributed by atoms with van der Waals surface area (Å²) < 4.78 is 0. The number of anilines is 1. The summed E-state index contributed by atoms with van der Waals surface area (Å²) in [6.07, 6.45) is 0. The second kappa shape index (κ2) is 7.68. The topological polar surface area (TPSA) is 60.0 Å². The van der Waals surface area contributed by atoms with Gasteiger partial charge in [-0.05, 0) is 38.3 Å². The molecule has 0 spiro atoms. The minimum atomic E-state index is -0.214. The highest BCUT2D eigenvalue weighted by Gasteiger charge is 2.21. The van der Waals surface area contributed by atoms with Crippen LogP contribution in [0.25, 0.3) is 0 Å². The molecule has 1 fully saturated rings. The van der Waals surface area contributed by atoms with E-state index in [4.69, 9.17) is 0 Å². The smallest absolute Gasteiger partial charge is 0.239 e. The summed E-state index contributed by atoms with van der Waals surface area (Å²) in [6, 6.07) is 4.24. The van der Waals surface area contributed by atoms with Gasteiger partial charge in [-0.1, -0.05) is 0 Å². The molecule has 1 amide bonds. The second-order valence-corrected chi connectivity index (χ2v) is 7.55. The van der Waals surface area contributed by atoms with Gasteiger partial charge in [0.15, 0.2) is 5.96 Å². The molecule has 2 heterocycles. The number of hydrogen-bond donors (Lipinski definition) is 2. The first-order valence-corrected chi connectivity index (χ1v) is 8.82. The van der Waals surface area contributed by atoms with Crippen LogP contribution in [0.4, 0.5) is 5.00 Å². The molecule has 1 saturated heterocycles. The van der Waals surface area contributed by atoms with Crippen molar-refractivity contribution in [2.75, 3.05) is 44.7 Å². The van der Waals surface area contributed by atoms with Crippen molar-refractivity contribution in [2.24, 2.45) is 4.99 Å². The van der Waals surface area contributed by atoms with E-state index in [1.165, 1.54) is 5.00 Å². The van der Waals surface area contributed by atoms with Crippen molar-refractivity contribution in [2.45, 2.75) is 26.3 Å². The molecule has 23 heavy (non-hydrogen) atoms. The standard InChI is InChI=1S/C16H27N5OS/c1-16(2,3)19-13(22)12-18-15(17-4)21-9-7-20(8-10-21)14-6-5-11-23-14/h5-6,11H,7-10,12H2,1-4H3,(H,17,18)(H,19,22). The summed E-state index contributed by atoms with van der Waals surface area (Å²) >= 11 is 1.77. The number of nitrogens with one attached hydrogen (secondary N) is 2. The lowest BCUT2D eigenvalue weighted by Crippen LogP contribution is -2.54. The highest BCUT2D eigenvalue weighted by atomic mass is 32.1. The van der Waals surface area contributed by atoms with E-state index in [0.29, 0.717) is 0 Å². The van der Waals surface area contributed by atoms with E-state index in [-0.39, 0.29) is 18.0 Å². The van der Waals surface area contributed by atoms with Gasteiger partial charge in [0.2, 0.25) is 5.91 Å². The monoisotopic (exact) mass is 337 g/mol. The summed E-state index contributed by atoms with van der Waals surface area (Å²) in [4.78, 5) is 20.8. The minimum Gasteiger partial charge on any atom is -0.360 e. The van der Waals surface area contributed by atoms with E-state index >= 15 is 0 Å². The van der Waals surface area contributed by atoms with Crippen LogP contribution in [0.15, 0.2) is 22.5 Å². The fraction of sp³-hybridized carbons (Fsp3) is 0.625. The van der Waals surface area contributed by atoms with Crippen molar-refractivity contribution in [1.29, 1.82) is 0 Å². The fourth-order valence-corrected chi connectivity index (χ4v) is 3.33. The van der Waals surface area contributed by atoms with Gasteiger partial charge in [0.05, 0.1) is 11.5 Å².